The van der Waals surface area contributed by atoms with E-state index in [0.717, 1.165) is 24.8 Å². The van der Waals surface area contributed by atoms with Crippen LogP contribution in [-0.2, 0) is 12.8 Å². The van der Waals surface area contributed by atoms with Gasteiger partial charge in [0, 0.05) is 11.6 Å². The molecule has 0 fully saturated rings. The maximum Gasteiger partial charge on any atom is 0.251 e. The second-order valence-corrected chi connectivity index (χ2v) is 5.68. The normalized spacial score (nSPS) is 17.1. The number of aryl methyl sites for hydroxylation is 2. The Bertz CT molecular complexity index is 679. The molecule has 3 heteroatoms. The van der Waals surface area contributed by atoms with E-state index in [4.69, 9.17) is 0 Å². The number of phenolic OH excluding ortho intramolecular Hbond substituents is 1. The number of rotatable bonds is 2. The molecule has 0 heterocycles. The van der Waals surface area contributed by atoms with Crippen LogP contribution in [0.25, 0.3) is 0 Å². The quantitative estimate of drug-likeness (QED) is 0.889. The van der Waals surface area contributed by atoms with Gasteiger partial charge in [0.05, 0.1) is 0 Å². The summed E-state index contributed by atoms with van der Waals surface area (Å²) in [5, 5.41) is 12.6. The predicted octanol–water partition coefficient (Wildman–Crippen LogP) is 2.99. The first-order valence-corrected chi connectivity index (χ1v) is 7.31. The molecule has 0 saturated carbocycles. The summed E-state index contributed by atoms with van der Waals surface area (Å²) in [5.74, 6) is 0.153. The number of nitrogens with one attached hydrogen (secondary N) is 1. The summed E-state index contributed by atoms with van der Waals surface area (Å²) >= 11 is 0. The summed E-state index contributed by atoms with van der Waals surface area (Å²) in [4.78, 5) is 12.3. The first-order valence-electron chi connectivity index (χ1n) is 7.31. The van der Waals surface area contributed by atoms with Gasteiger partial charge in [-0.05, 0) is 61.1 Å². The van der Waals surface area contributed by atoms with Crippen molar-refractivity contribution in [1.29, 1.82) is 0 Å². The van der Waals surface area contributed by atoms with Crippen molar-refractivity contribution in [3.63, 3.8) is 0 Å². The third-order valence-electron chi connectivity index (χ3n) is 4.14. The molecule has 21 heavy (non-hydrogen) atoms. The second-order valence-electron chi connectivity index (χ2n) is 5.68. The maximum absolute atomic E-state index is 12.3. The molecule has 0 saturated heterocycles. The lowest BCUT2D eigenvalue weighted by molar-refractivity contribution is 0.0933. The molecule has 1 aliphatic rings. The Labute approximate surface area is 124 Å². The molecule has 1 unspecified atom stereocenters. The Kier molecular flexibility index (Phi) is 3.65. The van der Waals surface area contributed by atoms with Crippen LogP contribution in [0.1, 0.15) is 33.5 Å². The molecule has 0 spiro atoms. The van der Waals surface area contributed by atoms with Crippen LogP contribution < -0.4 is 5.32 Å². The third kappa shape index (κ3) is 2.92. The fourth-order valence-electron chi connectivity index (χ4n) is 2.89. The summed E-state index contributed by atoms with van der Waals surface area (Å²) in [6, 6.07) is 13.6. The van der Waals surface area contributed by atoms with E-state index in [0.29, 0.717) is 5.56 Å². The minimum Gasteiger partial charge on any atom is -0.508 e. The lowest BCUT2D eigenvalue weighted by Gasteiger charge is -2.25. The minimum atomic E-state index is -0.0671. The number of hydrogen-bond donors (Lipinski definition) is 2. The number of carbonyl (C=O) groups excluding carboxylic acids is 1. The molecule has 2 aromatic carbocycles. The molecule has 108 valence electrons. The van der Waals surface area contributed by atoms with Crippen molar-refractivity contribution in [2.45, 2.75) is 32.2 Å². The lowest BCUT2D eigenvalue weighted by Crippen LogP contribution is -2.38. The van der Waals surface area contributed by atoms with Crippen LogP contribution in [-0.4, -0.2) is 17.1 Å². The van der Waals surface area contributed by atoms with Gasteiger partial charge in [0.1, 0.15) is 5.75 Å². The van der Waals surface area contributed by atoms with Crippen molar-refractivity contribution < 1.29 is 9.90 Å². The van der Waals surface area contributed by atoms with E-state index in [1.54, 1.807) is 25.1 Å². The Hall–Kier alpha value is -2.29. The van der Waals surface area contributed by atoms with Gasteiger partial charge in [-0.2, -0.15) is 0 Å². The van der Waals surface area contributed by atoms with Gasteiger partial charge in [0.25, 0.3) is 5.91 Å². The van der Waals surface area contributed by atoms with Crippen LogP contribution >= 0.6 is 0 Å². The smallest absolute Gasteiger partial charge is 0.251 e. The molecule has 1 aliphatic carbocycles. The van der Waals surface area contributed by atoms with Crippen LogP contribution in [0.2, 0.25) is 0 Å². The number of phenols is 1. The monoisotopic (exact) mass is 281 g/mol. The van der Waals surface area contributed by atoms with Gasteiger partial charge in [0.2, 0.25) is 0 Å². The van der Waals surface area contributed by atoms with Crippen LogP contribution in [0.4, 0.5) is 0 Å². The minimum absolute atomic E-state index is 0.0671. The number of hydrogen-bond acceptors (Lipinski definition) is 2. The Morgan fingerprint density at radius 2 is 1.95 bits per heavy atom. The van der Waals surface area contributed by atoms with Gasteiger partial charge in [-0.25, -0.2) is 0 Å². The highest BCUT2D eigenvalue weighted by Crippen LogP contribution is 2.22. The molecule has 3 rings (SSSR count). The van der Waals surface area contributed by atoms with Gasteiger partial charge >= 0.3 is 0 Å². The van der Waals surface area contributed by atoms with E-state index in [9.17, 15) is 9.90 Å². The first kappa shape index (κ1) is 13.7. The van der Waals surface area contributed by atoms with Gasteiger partial charge in [-0.15, -0.1) is 0 Å². The molecular formula is C18H19NO2. The predicted molar refractivity (Wildman–Crippen MR) is 82.6 cm³/mol. The highest BCUT2D eigenvalue weighted by Gasteiger charge is 2.20. The summed E-state index contributed by atoms with van der Waals surface area (Å²) in [6.45, 7) is 1.79. The zero-order valence-electron chi connectivity index (χ0n) is 12.1. The first-order chi connectivity index (χ1) is 10.1. The largest absolute Gasteiger partial charge is 0.508 e. The van der Waals surface area contributed by atoms with E-state index in [2.05, 4.69) is 23.5 Å². The van der Waals surface area contributed by atoms with Crippen molar-refractivity contribution in [2.75, 3.05) is 0 Å². The summed E-state index contributed by atoms with van der Waals surface area (Å²) in [5.41, 5.74) is 4.04. The SMILES string of the molecule is Cc1cc(C(=O)NC2CCc3ccccc3C2)ccc1O. The maximum atomic E-state index is 12.3. The van der Waals surface area contributed by atoms with Crippen LogP contribution in [0.3, 0.4) is 0 Å². The van der Waals surface area contributed by atoms with Crippen LogP contribution in [0, 0.1) is 6.92 Å². The van der Waals surface area contributed by atoms with E-state index < -0.39 is 0 Å². The van der Waals surface area contributed by atoms with Gasteiger partial charge in [-0.3, -0.25) is 4.79 Å². The van der Waals surface area contributed by atoms with Crippen molar-refractivity contribution in [3.05, 3.63) is 64.7 Å². The fraction of sp³-hybridized carbons (Fsp3) is 0.278. The number of fused-ring (bicyclic) bond motifs is 1. The molecular weight excluding hydrogens is 262 g/mol. The van der Waals surface area contributed by atoms with Crippen molar-refractivity contribution in [2.24, 2.45) is 0 Å². The van der Waals surface area contributed by atoms with Crippen molar-refractivity contribution in [1.82, 2.24) is 5.32 Å². The Morgan fingerprint density at radius 3 is 2.71 bits per heavy atom. The van der Waals surface area contributed by atoms with Crippen LogP contribution in [0.5, 0.6) is 5.75 Å². The lowest BCUT2D eigenvalue weighted by atomic mass is 9.88. The van der Waals surface area contributed by atoms with E-state index >= 15 is 0 Å². The molecule has 1 atom stereocenters. The summed E-state index contributed by atoms with van der Waals surface area (Å²) in [7, 11) is 0. The molecule has 0 bridgehead atoms. The highest BCUT2D eigenvalue weighted by molar-refractivity contribution is 5.94. The molecule has 1 amide bonds. The highest BCUT2D eigenvalue weighted by atomic mass is 16.3. The van der Waals surface area contributed by atoms with E-state index in [1.165, 1.54) is 11.1 Å². The van der Waals surface area contributed by atoms with Gasteiger partial charge in [0.15, 0.2) is 0 Å². The average Bonchev–Trinajstić information content (AvgIpc) is 2.50. The van der Waals surface area contributed by atoms with Crippen molar-refractivity contribution >= 4 is 5.91 Å². The number of aromatic hydroxyl groups is 1. The topological polar surface area (TPSA) is 49.3 Å². The zero-order valence-corrected chi connectivity index (χ0v) is 12.1. The standard InChI is InChI=1S/C18H19NO2/c1-12-10-15(7-9-17(12)20)18(21)19-16-8-6-13-4-2-3-5-14(13)11-16/h2-5,7,9-10,16,20H,6,8,11H2,1H3,(H,19,21). The number of carbonyl (C=O) groups is 1. The van der Waals surface area contributed by atoms with Gasteiger partial charge < -0.3 is 10.4 Å². The second kappa shape index (κ2) is 5.60. The van der Waals surface area contributed by atoms with E-state index in [-0.39, 0.29) is 17.7 Å². The molecule has 0 radical (unpaired) electrons. The fourth-order valence-corrected chi connectivity index (χ4v) is 2.89. The van der Waals surface area contributed by atoms with Crippen LogP contribution in [0.15, 0.2) is 42.5 Å². The Morgan fingerprint density at radius 1 is 1.19 bits per heavy atom. The Balaban J connectivity index is 1.70. The molecule has 2 aromatic rings. The summed E-state index contributed by atoms with van der Waals surface area (Å²) < 4.78 is 0. The average molecular weight is 281 g/mol. The van der Waals surface area contributed by atoms with Crippen molar-refractivity contribution in [3.8, 4) is 5.75 Å². The van der Waals surface area contributed by atoms with Gasteiger partial charge in [-0.1, -0.05) is 24.3 Å². The molecule has 3 nitrogen and oxygen atoms in total. The molecule has 2 N–H and O–H groups in total. The number of benzene rings is 2. The summed E-state index contributed by atoms with van der Waals surface area (Å²) in [6.07, 6.45) is 2.87. The third-order valence-corrected chi connectivity index (χ3v) is 4.14. The molecule has 0 aromatic heterocycles. The zero-order chi connectivity index (χ0) is 14.8. The number of amides is 1. The van der Waals surface area contributed by atoms with E-state index in [1.807, 2.05) is 6.07 Å². The molecule has 0 aliphatic heterocycles.